The highest BCUT2D eigenvalue weighted by Gasteiger charge is 2.18. The van der Waals surface area contributed by atoms with Crippen molar-refractivity contribution in [2.45, 2.75) is 13.0 Å². The second-order valence-electron chi connectivity index (χ2n) is 7.47. The summed E-state index contributed by atoms with van der Waals surface area (Å²) in [5.41, 5.74) is 3.67. The molecule has 0 aliphatic carbocycles. The first kappa shape index (κ1) is 20.0. The van der Waals surface area contributed by atoms with E-state index in [1.165, 1.54) is 0 Å². The lowest BCUT2D eigenvalue weighted by atomic mass is 9.99. The lowest BCUT2D eigenvalue weighted by molar-refractivity contribution is 0.893. The number of nitrogens with zero attached hydrogens (tertiary/aromatic N) is 4. The SMILES string of the molecule is Cc1c(Cl)cccc1-n1ccn2c(NC(c3ccccc3)c3ccccc3)nnc2c1=O. The van der Waals surface area contributed by atoms with Gasteiger partial charge in [-0.2, -0.15) is 0 Å². The van der Waals surface area contributed by atoms with Crippen LogP contribution in [0.25, 0.3) is 11.3 Å². The Kier molecular flexibility index (Phi) is 5.21. The number of fused-ring (bicyclic) bond motifs is 1. The van der Waals surface area contributed by atoms with Crippen molar-refractivity contribution >= 4 is 23.2 Å². The van der Waals surface area contributed by atoms with Crippen LogP contribution in [-0.4, -0.2) is 19.2 Å². The van der Waals surface area contributed by atoms with Crippen LogP contribution in [0.1, 0.15) is 22.7 Å². The fourth-order valence-corrected chi connectivity index (χ4v) is 3.98. The molecule has 0 aliphatic heterocycles. The fourth-order valence-electron chi connectivity index (χ4n) is 3.81. The number of halogens is 1. The van der Waals surface area contributed by atoms with Gasteiger partial charge in [0.1, 0.15) is 0 Å². The maximum atomic E-state index is 13.2. The molecule has 2 heterocycles. The molecule has 0 radical (unpaired) electrons. The van der Waals surface area contributed by atoms with E-state index < -0.39 is 0 Å². The van der Waals surface area contributed by atoms with Gasteiger partial charge in [0.2, 0.25) is 11.6 Å². The van der Waals surface area contributed by atoms with Crippen molar-refractivity contribution in [3.63, 3.8) is 0 Å². The second kappa shape index (κ2) is 8.32. The Morgan fingerprint density at radius 2 is 1.50 bits per heavy atom. The molecule has 3 aromatic carbocycles. The first-order valence-corrected chi connectivity index (χ1v) is 10.6. The number of anilines is 1. The van der Waals surface area contributed by atoms with Crippen molar-refractivity contribution in [1.82, 2.24) is 19.2 Å². The molecule has 6 nitrogen and oxygen atoms in total. The summed E-state index contributed by atoms with van der Waals surface area (Å²) in [6.45, 7) is 1.88. The van der Waals surface area contributed by atoms with Crippen LogP contribution in [0.2, 0.25) is 5.02 Å². The molecule has 0 bridgehead atoms. The van der Waals surface area contributed by atoms with Crippen molar-refractivity contribution in [3.05, 3.63) is 123 Å². The molecule has 1 N–H and O–H groups in total. The Hall–Kier alpha value is -3.90. The molecular weight excluding hydrogens is 422 g/mol. The van der Waals surface area contributed by atoms with E-state index in [4.69, 9.17) is 11.6 Å². The topological polar surface area (TPSA) is 64.2 Å². The van der Waals surface area contributed by atoms with Crippen LogP contribution in [0.15, 0.2) is 96.1 Å². The van der Waals surface area contributed by atoms with Crippen molar-refractivity contribution < 1.29 is 0 Å². The standard InChI is InChI=1S/C25H20ClN5O/c1-17-20(26)13-8-14-21(17)30-15-16-31-23(24(30)32)28-29-25(31)27-22(18-9-4-2-5-10-18)19-11-6-3-7-12-19/h2-16,22H,1H3,(H,27,29). The predicted molar refractivity (Wildman–Crippen MR) is 127 cm³/mol. The Morgan fingerprint density at radius 1 is 0.844 bits per heavy atom. The average molecular weight is 442 g/mol. The summed E-state index contributed by atoms with van der Waals surface area (Å²) < 4.78 is 3.22. The summed E-state index contributed by atoms with van der Waals surface area (Å²) in [6, 6.07) is 25.5. The van der Waals surface area contributed by atoms with Gasteiger partial charge in [0, 0.05) is 17.4 Å². The largest absolute Gasteiger partial charge is 0.343 e. The van der Waals surface area contributed by atoms with Crippen LogP contribution in [0.3, 0.4) is 0 Å². The molecule has 0 spiro atoms. The van der Waals surface area contributed by atoms with Crippen LogP contribution < -0.4 is 10.9 Å². The minimum absolute atomic E-state index is 0.151. The maximum Gasteiger partial charge on any atom is 0.300 e. The number of aromatic nitrogens is 4. The van der Waals surface area contributed by atoms with Gasteiger partial charge >= 0.3 is 5.56 Å². The summed E-state index contributed by atoms with van der Waals surface area (Å²) >= 11 is 6.25. The zero-order valence-electron chi connectivity index (χ0n) is 17.3. The summed E-state index contributed by atoms with van der Waals surface area (Å²) in [5.74, 6) is 0.491. The zero-order chi connectivity index (χ0) is 22.1. The Bertz CT molecular complexity index is 1400. The molecular formula is C25H20ClN5O. The second-order valence-corrected chi connectivity index (χ2v) is 7.88. The molecule has 0 atom stereocenters. The van der Waals surface area contributed by atoms with Gasteiger partial charge in [0.05, 0.1) is 11.7 Å². The minimum atomic E-state index is -0.269. The highest BCUT2D eigenvalue weighted by molar-refractivity contribution is 6.31. The van der Waals surface area contributed by atoms with E-state index in [0.717, 1.165) is 16.7 Å². The van der Waals surface area contributed by atoms with E-state index in [9.17, 15) is 4.79 Å². The molecule has 5 rings (SSSR count). The smallest absolute Gasteiger partial charge is 0.300 e. The van der Waals surface area contributed by atoms with Gasteiger partial charge in [-0.05, 0) is 35.7 Å². The van der Waals surface area contributed by atoms with Gasteiger partial charge in [0.15, 0.2) is 0 Å². The molecule has 5 aromatic rings. The van der Waals surface area contributed by atoms with Crippen LogP contribution in [0.5, 0.6) is 0 Å². The van der Waals surface area contributed by atoms with Crippen LogP contribution in [-0.2, 0) is 0 Å². The maximum absolute atomic E-state index is 13.2. The van der Waals surface area contributed by atoms with Crippen molar-refractivity contribution in [2.24, 2.45) is 0 Å². The highest BCUT2D eigenvalue weighted by atomic mass is 35.5. The van der Waals surface area contributed by atoms with E-state index in [0.29, 0.717) is 16.7 Å². The summed E-state index contributed by atoms with van der Waals surface area (Å²) in [5, 5.41) is 12.5. The van der Waals surface area contributed by atoms with Gasteiger partial charge in [-0.15, -0.1) is 10.2 Å². The third-order valence-electron chi connectivity index (χ3n) is 5.51. The summed E-state index contributed by atoms with van der Waals surface area (Å²) in [7, 11) is 0. The number of hydrogen-bond acceptors (Lipinski definition) is 4. The lowest BCUT2D eigenvalue weighted by Crippen LogP contribution is -2.21. The van der Waals surface area contributed by atoms with E-state index in [2.05, 4.69) is 39.8 Å². The Morgan fingerprint density at radius 3 is 2.16 bits per heavy atom. The fraction of sp³-hybridized carbons (Fsp3) is 0.0800. The predicted octanol–water partition coefficient (Wildman–Crippen LogP) is 5.04. The first-order valence-electron chi connectivity index (χ1n) is 10.2. The van der Waals surface area contributed by atoms with Crippen molar-refractivity contribution in [2.75, 3.05) is 5.32 Å². The number of nitrogens with one attached hydrogen (secondary N) is 1. The molecule has 0 aliphatic rings. The number of benzene rings is 3. The van der Waals surface area contributed by atoms with Crippen molar-refractivity contribution in [3.8, 4) is 5.69 Å². The number of hydrogen-bond donors (Lipinski definition) is 1. The van der Waals surface area contributed by atoms with E-state index in [1.54, 1.807) is 27.4 Å². The van der Waals surface area contributed by atoms with E-state index in [-0.39, 0.29) is 17.2 Å². The lowest BCUT2D eigenvalue weighted by Gasteiger charge is -2.19. The van der Waals surface area contributed by atoms with E-state index >= 15 is 0 Å². The third kappa shape index (κ3) is 3.55. The van der Waals surface area contributed by atoms with Crippen LogP contribution in [0.4, 0.5) is 5.95 Å². The van der Waals surface area contributed by atoms with Gasteiger partial charge in [-0.3, -0.25) is 13.8 Å². The minimum Gasteiger partial charge on any atom is -0.343 e. The van der Waals surface area contributed by atoms with E-state index in [1.807, 2.05) is 55.5 Å². The Labute approximate surface area is 189 Å². The van der Waals surface area contributed by atoms with Crippen molar-refractivity contribution in [1.29, 1.82) is 0 Å². The monoisotopic (exact) mass is 441 g/mol. The summed E-state index contributed by atoms with van der Waals surface area (Å²) in [4.78, 5) is 13.2. The molecule has 0 fully saturated rings. The number of rotatable bonds is 5. The highest BCUT2D eigenvalue weighted by Crippen LogP contribution is 2.26. The van der Waals surface area contributed by atoms with Gasteiger partial charge in [-0.25, -0.2) is 0 Å². The zero-order valence-corrected chi connectivity index (χ0v) is 18.1. The molecule has 158 valence electrons. The van der Waals surface area contributed by atoms with Crippen LogP contribution in [0, 0.1) is 6.92 Å². The molecule has 0 unspecified atom stereocenters. The molecule has 0 amide bonds. The first-order chi connectivity index (χ1) is 15.6. The molecule has 2 aromatic heterocycles. The molecule has 0 saturated carbocycles. The van der Waals surface area contributed by atoms with Gasteiger partial charge in [0.25, 0.3) is 0 Å². The third-order valence-corrected chi connectivity index (χ3v) is 5.92. The quantitative estimate of drug-likeness (QED) is 0.415. The summed E-state index contributed by atoms with van der Waals surface area (Å²) in [6.07, 6.45) is 3.50. The van der Waals surface area contributed by atoms with Gasteiger partial charge in [-0.1, -0.05) is 78.3 Å². The van der Waals surface area contributed by atoms with Gasteiger partial charge < -0.3 is 5.32 Å². The normalized spacial score (nSPS) is 11.2. The van der Waals surface area contributed by atoms with Crippen LogP contribution >= 0.6 is 11.6 Å². The Balaban J connectivity index is 1.58. The molecule has 32 heavy (non-hydrogen) atoms. The molecule has 0 saturated heterocycles. The average Bonchev–Trinajstić information content (AvgIpc) is 3.25. The molecule has 7 heteroatoms.